The Morgan fingerprint density at radius 1 is 1.27 bits per heavy atom. The summed E-state index contributed by atoms with van der Waals surface area (Å²) in [5.74, 6) is 0.841. The van der Waals surface area contributed by atoms with Gasteiger partial charge in [0.05, 0.1) is 11.9 Å². The summed E-state index contributed by atoms with van der Waals surface area (Å²) < 4.78 is 5.55. The first-order chi connectivity index (χ1) is 10.8. The van der Waals surface area contributed by atoms with Crippen LogP contribution in [0.4, 0.5) is 0 Å². The van der Waals surface area contributed by atoms with Crippen LogP contribution in [0.15, 0.2) is 36.5 Å². The van der Waals surface area contributed by atoms with Crippen molar-refractivity contribution in [2.24, 2.45) is 5.92 Å². The lowest BCUT2D eigenvalue weighted by Crippen LogP contribution is -2.27. The predicted molar refractivity (Wildman–Crippen MR) is 86.6 cm³/mol. The van der Waals surface area contributed by atoms with Crippen LogP contribution in [0.2, 0.25) is 0 Å². The summed E-state index contributed by atoms with van der Waals surface area (Å²) in [6, 6.07) is 9.88. The fourth-order valence-corrected chi connectivity index (χ4v) is 2.48. The largest absolute Gasteiger partial charge is 0.381 e. The molecular formula is C18H22N2O2. The summed E-state index contributed by atoms with van der Waals surface area (Å²) in [5, 5.41) is 4.02. The Labute approximate surface area is 130 Å². The molecular weight excluding hydrogens is 276 g/mol. The van der Waals surface area contributed by atoms with Crippen molar-refractivity contribution >= 4 is 16.8 Å². The van der Waals surface area contributed by atoms with Crippen molar-refractivity contribution in [1.82, 2.24) is 10.3 Å². The number of amides is 1. The molecule has 0 spiro atoms. The normalized spacial score (nSPS) is 14.2. The third kappa shape index (κ3) is 4.28. The molecule has 1 aliphatic rings. The molecule has 1 fully saturated rings. The lowest BCUT2D eigenvalue weighted by Gasteiger charge is -2.07. The zero-order chi connectivity index (χ0) is 15.2. The van der Waals surface area contributed by atoms with Crippen LogP contribution in [0.25, 0.3) is 10.9 Å². The lowest BCUT2D eigenvalue weighted by molar-refractivity contribution is -0.120. The number of nitrogens with zero attached hydrogens (tertiary/aromatic N) is 1. The first-order valence-electron chi connectivity index (χ1n) is 8.00. The molecule has 0 radical (unpaired) electrons. The molecule has 3 rings (SSSR count). The minimum atomic E-state index is 0.0420. The molecule has 1 heterocycles. The number of carbonyl (C=O) groups excluding carboxylic acids is 1. The Morgan fingerprint density at radius 3 is 3.00 bits per heavy atom. The molecule has 0 unspecified atom stereocenters. The standard InChI is InChI=1S/C18H22N2O2/c21-17(19-10-3-11-22-13-14-7-8-14)12-16-5-1-4-15-6-2-9-20-18(15)16/h1-2,4-6,9,14H,3,7-8,10-13H2,(H,19,21). The van der Waals surface area contributed by atoms with E-state index in [0.29, 0.717) is 13.0 Å². The molecule has 22 heavy (non-hydrogen) atoms. The summed E-state index contributed by atoms with van der Waals surface area (Å²) in [7, 11) is 0. The van der Waals surface area contributed by atoms with E-state index >= 15 is 0 Å². The highest BCUT2D eigenvalue weighted by Crippen LogP contribution is 2.28. The SMILES string of the molecule is O=C(Cc1cccc2cccnc12)NCCCOCC1CC1. The number of hydrogen-bond acceptors (Lipinski definition) is 3. The maximum absolute atomic E-state index is 12.0. The number of pyridine rings is 1. The number of benzene rings is 1. The van der Waals surface area contributed by atoms with Crippen LogP contribution in [0.1, 0.15) is 24.8 Å². The Balaban J connectivity index is 1.42. The van der Waals surface area contributed by atoms with Gasteiger partial charge in [0, 0.05) is 31.3 Å². The van der Waals surface area contributed by atoms with Gasteiger partial charge in [0.2, 0.25) is 5.91 Å². The molecule has 0 aliphatic heterocycles. The minimum Gasteiger partial charge on any atom is -0.381 e. The molecule has 1 aromatic carbocycles. The van der Waals surface area contributed by atoms with Gasteiger partial charge in [0.1, 0.15) is 0 Å². The summed E-state index contributed by atoms with van der Waals surface area (Å²) >= 11 is 0. The second kappa shape index (κ2) is 7.36. The van der Waals surface area contributed by atoms with Gasteiger partial charge in [-0.2, -0.15) is 0 Å². The Kier molecular flexibility index (Phi) is 5.01. The van der Waals surface area contributed by atoms with Crippen molar-refractivity contribution in [2.45, 2.75) is 25.7 Å². The molecule has 1 aromatic heterocycles. The molecule has 1 amide bonds. The van der Waals surface area contributed by atoms with E-state index in [2.05, 4.69) is 10.3 Å². The number of fused-ring (bicyclic) bond motifs is 1. The molecule has 0 atom stereocenters. The van der Waals surface area contributed by atoms with Crippen molar-refractivity contribution in [2.75, 3.05) is 19.8 Å². The van der Waals surface area contributed by atoms with Gasteiger partial charge in [-0.15, -0.1) is 0 Å². The summed E-state index contributed by atoms with van der Waals surface area (Å²) in [5.41, 5.74) is 1.88. The highest BCUT2D eigenvalue weighted by molar-refractivity contribution is 5.87. The molecule has 2 aromatic rings. The van der Waals surface area contributed by atoms with Crippen molar-refractivity contribution in [1.29, 1.82) is 0 Å². The van der Waals surface area contributed by atoms with Crippen LogP contribution in [-0.2, 0) is 16.0 Å². The van der Waals surface area contributed by atoms with E-state index in [1.807, 2.05) is 30.3 Å². The number of nitrogens with one attached hydrogen (secondary N) is 1. The Hall–Kier alpha value is -1.94. The fraction of sp³-hybridized carbons (Fsp3) is 0.444. The first kappa shape index (κ1) is 15.0. The van der Waals surface area contributed by atoms with E-state index in [1.54, 1.807) is 6.20 Å². The van der Waals surface area contributed by atoms with Crippen LogP contribution < -0.4 is 5.32 Å². The van der Waals surface area contributed by atoms with E-state index in [1.165, 1.54) is 12.8 Å². The fourth-order valence-electron chi connectivity index (χ4n) is 2.48. The number of carbonyl (C=O) groups is 1. The molecule has 1 saturated carbocycles. The number of ether oxygens (including phenoxy) is 1. The molecule has 4 heteroatoms. The van der Waals surface area contributed by atoms with Crippen molar-refractivity contribution in [3.8, 4) is 0 Å². The summed E-state index contributed by atoms with van der Waals surface area (Å²) in [6.45, 7) is 2.28. The van der Waals surface area contributed by atoms with E-state index < -0.39 is 0 Å². The number of hydrogen-bond donors (Lipinski definition) is 1. The Morgan fingerprint density at radius 2 is 2.14 bits per heavy atom. The average molecular weight is 298 g/mol. The van der Waals surface area contributed by atoms with E-state index in [0.717, 1.165) is 42.0 Å². The predicted octanol–water partition coefficient (Wildman–Crippen LogP) is 2.71. The summed E-state index contributed by atoms with van der Waals surface area (Å²) in [6.07, 6.45) is 5.64. The molecule has 1 N–H and O–H groups in total. The van der Waals surface area contributed by atoms with E-state index in [-0.39, 0.29) is 5.91 Å². The zero-order valence-corrected chi connectivity index (χ0v) is 12.8. The highest BCUT2D eigenvalue weighted by atomic mass is 16.5. The van der Waals surface area contributed by atoms with Crippen LogP contribution in [0, 0.1) is 5.92 Å². The monoisotopic (exact) mass is 298 g/mol. The second-order valence-corrected chi connectivity index (χ2v) is 5.89. The highest BCUT2D eigenvalue weighted by Gasteiger charge is 2.20. The maximum atomic E-state index is 12.0. The third-order valence-electron chi connectivity index (χ3n) is 3.91. The third-order valence-corrected chi connectivity index (χ3v) is 3.91. The number of rotatable bonds is 8. The van der Waals surface area contributed by atoms with Gasteiger partial charge in [0.25, 0.3) is 0 Å². The van der Waals surface area contributed by atoms with Crippen molar-refractivity contribution in [3.63, 3.8) is 0 Å². The second-order valence-electron chi connectivity index (χ2n) is 5.89. The molecule has 116 valence electrons. The zero-order valence-electron chi connectivity index (χ0n) is 12.8. The van der Waals surface area contributed by atoms with Gasteiger partial charge in [-0.25, -0.2) is 0 Å². The molecule has 4 nitrogen and oxygen atoms in total. The van der Waals surface area contributed by atoms with Crippen LogP contribution in [0.3, 0.4) is 0 Å². The number of para-hydroxylation sites is 1. The van der Waals surface area contributed by atoms with Gasteiger partial charge in [-0.3, -0.25) is 9.78 Å². The molecule has 0 bridgehead atoms. The lowest BCUT2D eigenvalue weighted by atomic mass is 10.1. The van der Waals surface area contributed by atoms with Crippen LogP contribution in [0.5, 0.6) is 0 Å². The average Bonchev–Trinajstić information content (AvgIpc) is 3.35. The Bertz CT molecular complexity index is 633. The van der Waals surface area contributed by atoms with E-state index in [4.69, 9.17) is 4.74 Å². The van der Waals surface area contributed by atoms with Crippen molar-refractivity contribution < 1.29 is 9.53 Å². The smallest absolute Gasteiger partial charge is 0.224 e. The maximum Gasteiger partial charge on any atom is 0.224 e. The van der Waals surface area contributed by atoms with Crippen molar-refractivity contribution in [3.05, 3.63) is 42.1 Å². The van der Waals surface area contributed by atoms with Gasteiger partial charge in [-0.05, 0) is 36.8 Å². The van der Waals surface area contributed by atoms with Crippen LogP contribution >= 0.6 is 0 Å². The van der Waals surface area contributed by atoms with Gasteiger partial charge >= 0.3 is 0 Å². The first-order valence-corrected chi connectivity index (χ1v) is 8.00. The molecule has 1 aliphatic carbocycles. The van der Waals surface area contributed by atoms with Gasteiger partial charge < -0.3 is 10.1 Å². The minimum absolute atomic E-state index is 0.0420. The van der Waals surface area contributed by atoms with Gasteiger partial charge in [-0.1, -0.05) is 24.3 Å². The summed E-state index contributed by atoms with van der Waals surface area (Å²) in [4.78, 5) is 16.4. The number of aromatic nitrogens is 1. The quantitative estimate of drug-likeness (QED) is 0.762. The van der Waals surface area contributed by atoms with E-state index in [9.17, 15) is 4.79 Å². The molecule has 0 saturated heterocycles. The van der Waals surface area contributed by atoms with Gasteiger partial charge in [0.15, 0.2) is 0 Å². The van der Waals surface area contributed by atoms with Crippen LogP contribution in [-0.4, -0.2) is 30.6 Å². The topological polar surface area (TPSA) is 51.2 Å².